The maximum Gasteiger partial charge on any atom is 0.323 e. The molecule has 0 aliphatic heterocycles. The first kappa shape index (κ1) is 18.9. The quantitative estimate of drug-likeness (QED) is 0.540. The summed E-state index contributed by atoms with van der Waals surface area (Å²) in [5.41, 5.74) is 3.35. The lowest BCUT2D eigenvalue weighted by atomic mass is 10.1. The molecule has 0 unspecified atom stereocenters. The van der Waals surface area contributed by atoms with Crippen molar-refractivity contribution in [2.45, 2.75) is 32.7 Å². The molecule has 0 heterocycles. The number of carbonyl (C=O) groups excluding carboxylic acids is 1. The van der Waals surface area contributed by atoms with Crippen molar-refractivity contribution in [3.05, 3.63) is 108 Å². The maximum atomic E-state index is 12.7. The predicted molar refractivity (Wildman–Crippen MR) is 108 cm³/mol. The molecule has 0 saturated heterocycles. The first-order valence-corrected chi connectivity index (χ1v) is 9.25. The maximum absolute atomic E-state index is 12.7. The highest BCUT2D eigenvalue weighted by Crippen LogP contribution is 2.15. The normalized spacial score (nSPS) is 11.9. The highest BCUT2D eigenvalue weighted by Gasteiger charge is 2.23. The van der Waals surface area contributed by atoms with Gasteiger partial charge in [-0.1, -0.05) is 91.0 Å². The Morgan fingerprint density at radius 2 is 1.15 bits per heavy atom. The molecule has 3 nitrogen and oxygen atoms in total. The van der Waals surface area contributed by atoms with Crippen LogP contribution in [0.1, 0.15) is 23.6 Å². The fourth-order valence-corrected chi connectivity index (χ4v) is 2.96. The predicted octanol–water partition coefficient (Wildman–Crippen LogP) is 4.82. The van der Waals surface area contributed by atoms with E-state index in [0.717, 1.165) is 5.56 Å². The van der Waals surface area contributed by atoms with Gasteiger partial charge in [0.1, 0.15) is 12.6 Å². The van der Waals surface area contributed by atoms with Crippen LogP contribution in [0.2, 0.25) is 0 Å². The summed E-state index contributed by atoms with van der Waals surface area (Å²) in [6, 6.07) is 29.9. The second-order valence-corrected chi connectivity index (χ2v) is 6.65. The number of esters is 1. The van der Waals surface area contributed by atoms with Crippen molar-refractivity contribution in [1.29, 1.82) is 0 Å². The third kappa shape index (κ3) is 5.80. The van der Waals surface area contributed by atoms with E-state index in [2.05, 4.69) is 29.2 Å². The molecule has 0 amide bonds. The van der Waals surface area contributed by atoms with Crippen LogP contribution < -0.4 is 0 Å². The number of hydrogen-bond acceptors (Lipinski definition) is 3. The van der Waals surface area contributed by atoms with Crippen LogP contribution in [0.15, 0.2) is 91.0 Å². The van der Waals surface area contributed by atoms with E-state index in [-0.39, 0.29) is 12.0 Å². The summed E-state index contributed by atoms with van der Waals surface area (Å²) in [5.74, 6) is -0.203. The number of benzene rings is 3. The van der Waals surface area contributed by atoms with Crippen molar-refractivity contribution in [3.8, 4) is 0 Å². The van der Waals surface area contributed by atoms with Crippen LogP contribution in [0.25, 0.3) is 0 Å². The summed E-state index contributed by atoms with van der Waals surface area (Å²) >= 11 is 0. The van der Waals surface area contributed by atoms with Crippen molar-refractivity contribution in [3.63, 3.8) is 0 Å². The molecular weight excluding hydrogens is 334 g/mol. The van der Waals surface area contributed by atoms with Gasteiger partial charge in [0.05, 0.1) is 0 Å². The minimum atomic E-state index is -0.339. The zero-order valence-corrected chi connectivity index (χ0v) is 15.6. The second kappa shape index (κ2) is 9.70. The summed E-state index contributed by atoms with van der Waals surface area (Å²) in [5, 5.41) is 0. The third-order valence-corrected chi connectivity index (χ3v) is 4.57. The fraction of sp³-hybridized carbons (Fsp3) is 0.208. The zero-order chi connectivity index (χ0) is 18.9. The highest BCUT2D eigenvalue weighted by atomic mass is 16.5. The van der Waals surface area contributed by atoms with Crippen LogP contribution in [0.5, 0.6) is 0 Å². The summed E-state index contributed by atoms with van der Waals surface area (Å²) in [6.07, 6.45) is 0. The topological polar surface area (TPSA) is 29.5 Å². The minimum absolute atomic E-state index is 0.203. The Bertz CT molecular complexity index is 777. The molecule has 0 fully saturated rings. The standard InChI is InChI=1S/C24H25NO2/c1-20(24(26)27-19-23-15-9-4-10-16-23)25(17-21-11-5-2-6-12-21)18-22-13-7-3-8-14-22/h2-16,20H,17-19H2,1H3/t20-/m1/s1. The molecule has 27 heavy (non-hydrogen) atoms. The van der Waals surface area contributed by atoms with Gasteiger partial charge in [0, 0.05) is 13.1 Å². The van der Waals surface area contributed by atoms with Crippen molar-refractivity contribution in [1.82, 2.24) is 4.90 Å². The van der Waals surface area contributed by atoms with Crippen LogP contribution in [0.4, 0.5) is 0 Å². The number of hydrogen-bond donors (Lipinski definition) is 0. The van der Waals surface area contributed by atoms with E-state index in [0.29, 0.717) is 19.7 Å². The molecule has 0 aliphatic rings. The molecule has 1 atom stereocenters. The van der Waals surface area contributed by atoms with E-state index in [1.165, 1.54) is 11.1 Å². The lowest BCUT2D eigenvalue weighted by molar-refractivity contribution is -0.151. The molecule has 0 bridgehead atoms. The average molecular weight is 359 g/mol. The Morgan fingerprint density at radius 1 is 0.741 bits per heavy atom. The minimum Gasteiger partial charge on any atom is -0.460 e. The van der Waals surface area contributed by atoms with E-state index < -0.39 is 0 Å². The first-order valence-electron chi connectivity index (χ1n) is 9.25. The smallest absolute Gasteiger partial charge is 0.323 e. The van der Waals surface area contributed by atoms with Gasteiger partial charge in [0.2, 0.25) is 0 Å². The largest absolute Gasteiger partial charge is 0.460 e. The van der Waals surface area contributed by atoms with E-state index in [1.54, 1.807) is 0 Å². The molecule has 138 valence electrons. The van der Waals surface area contributed by atoms with Crippen molar-refractivity contribution in [2.75, 3.05) is 0 Å². The molecule has 3 rings (SSSR count). The zero-order valence-electron chi connectivity index (χ0n) is 15.6. The van der Waals surface area contributed by atoms with Gasteiger partial charge in [0.25, 0.3) is 0 Å². The number of nitrogens with zero attached hydrogens (tertiary/aromatic N) is 1. The van der Waals surface area contributed by atoms with Crippen molar-refractivity contribution >= 4 is 5.97 Å². The Labute approximate surface area is 161 Å². The highest BCUT2D eigenvalue weighted by molar-refractivity contribution is 5.75. The number of carbonyl (C=O) groups is 1. The van der Waals surface area contributed by atoms with Crippen molar-refractivity contribution < 1.29 is 9.53 Å². The van der Waals surface area contributed by atoms with Gasteiger partial charge in [-0.25, -0.2) is 0 Å². The van der Waals surface area contributed by atoms with Gasteiger partial charge in [-0.3, -0.25) is 9.69 Å². The Balaban J connectivity index is 1.69. The summed E-state index contributed by atoms with van der Waals surface area (Å²) in [4.78, 5) is 14.8. The number of ether oxygens (including phenoxy) is 1. The van der Waals surface area contributed by atoms with Gasteiger partial charge in [-0.2, -0.15) is 0 Å². The third-order valence-electron chi connectivity index (χ3n) is 4.57. The van der Waals surface area contributed by atoms with Gasteiger partial charge in [0.15, 0.2) is 0 Å². The Morgan fingerprint density at radius 3 is 1.59 bits per heavy atom. The van der Waals surface area contributed by atoms with Gasteiger partial charge in [-0.15, -0.1) is 0 Å². The SMILES string of the molecule is C[C@H](C(=O)OCc1ccccc1)N(Cc1ccccc1)Cc1ccccc1. The van der Waals surface area contributed by atoms with Gasteiger partial charge < -0.3 is 4.74 Å². The van der Waals surface area contributed by atoms with E-state index in [9.17, 15) is 4.79 Å². The Hall–Kier alpha value is -2.91. The van der Waals surface area contributed by atoms with E-state index in [1.807, 2.05) is 73.7 Å². The fourth-order valence-electron chi connectivity index (χ4n) is 2.96. The summed E-state index contributed by atoms with van der Waals surface area (Å²) in [6.45, 7) is 3.60. The summed E-state index contributed by atoms with van der Waals surface area (Å²) < 4.78 is 5.57. The molecule has 0 spiro atoms. The molecular formula is C24H25NO2. The lowest BCUT2D eigenvalue weighted by Crippen LogP contribution is -2.39. The van der Waals surface area contributed by atoms with Crippen LogP contribution in [-0.4, -0.2) is 16.9 Å². The van der Waals surface area contributed by atoms with Crippen LogP contribution in [-0.2, 0) is 29.2 Å². The summed E-state index contributed by atoms with van der Waals surface area (Å²) in [7, 11) is 0. The van der Waals surface area contributed by atoms with E-state index in [4.69, 9.17) is 4.74 Å². The molecule has 0 aromatic heterocycles. The van der Waals surface area contributed by atoms with Gasteiger partial charge in [-0.05, 0) is 23.6 Å². The molecule has 0 radical (unpaired) electrons. The molecule has 3 heteroatoms. The van der Waals surface area contributed by atoms with Crippen LogP contribution in [0.3, 0.4) is 0 Å². The second-order valence-electron chi connectivity index (χ2n) is 6.65. The van der Waals surface area contributed by atoms with Crippen molar-refractivity contribution in [2.24, 2.45) is 0 Å². The molecule has 0 N–H and O–H groups in total. The first-order chi connectivity index (χ1) is 13.2. The lowest BCUT2D eigenvalue weighted by Gasteiger charge is -2.28. The molecule has 0 aliphatic carbocycles. The Kier molecular flexibility index (Phi) is 6.78. The van der Waals surface area contributed by atoms with Crippen LogP contribution >= 0.6 is 0 Å². The van der Waals surface area contributed by atoms with E-state index >= 15 is 0 Å². The monoisotopic (exact) mass is 359 g/mol. The van der Waals surface area contributed by atoms with Crippen LogP contribution in [0, 0.1) is 0 Å². The number of rotatable bonds is 8. The molecule has 3 aromatic carbocycles. The molecule has 3 aromatic rings. The molecule has 0 saturated carbocycles. The average Bonchev–Trinajstić information content (AvgIpc) is 2.73. The van der Waals surface area contributed by atoms with Gasteiger partial charge >= 0.3 is 5.97 Å².